The van der Waals surface area contributed by atoms with E-state index in [1.165, 1.54) is 7.11 Å². The summed E-state index contributed by atoms with van der Waals surface area (Å²) in [5, 5.41) is 13.3. The van der Waals surface area contributed by atoms with Gasteiger partial charge >= 0.3 is 0 Å². The third kappa shape index (κ3) is 3.76. The molecule has 1 aromatic heterocycles. The van der Waals surface area contributed by atoms with Crippen LogP contribution in [0.25, 0.3) is 11.0 Å². The smallest absolute Gasteiger partial charge is 0.180 e. The number of piperazine rings is 1. The highest BCUT2D eigenvalue weighted by Crippen LogP contribution is 2.23. The van der Waals surface area contributed by atoms with Crippen molar-refractivity contribution in [3.05, 3.63) is 29.6 Å². The molecule has 0 spiro atoms. The fourth-order valence-corrected chi connectivity index (χ4v) is 3.10. The molecule has 1 atom stereocenters. The molecule has 24 heavy (non-hydrogen) atoms. The predicted octanol–water partition coefficient (Wildman–Crippen LogP) is 0.725. The van der Waals surface area contributed by atoms with E-state index in [0.717, 1.165) is 61.7 Å². The first kappa shape index (κ1) is 17.3. The second-order valence-corrected chi connectivity index (χ2v) is 6.03. The highest BCUT2D eigenvalue weighted by molar-refractivity contribution is 5.77. The number of nitrogens with zero attached hydrogens (tertiary/aromatic N) is 3. The number of methoxy groups -OCH3 is 2. The van der Waals surface area contributed by atoms with E-state index in [-0.39, 0.29) is 0 Å². The lowest BCUT2D eigenvalue weighted by atomic mass is 10.2. The van der Waals surface area contributed by atoms with Gasteiger partial charge in [0.05, 0.1) is 24.2 Å². The van der Waals surface area contributed by atoms with E-state index < -0.39 is 6.29 Å². The monoisotopic (exact) mass is 334 g/mol. The van der Waals surface area contributed by atoms with E-state index in [9.17, 15) is 5.11 Å². The summed E-state index contributed by atoms with van der Waals surface area (Å²) < 4.78 is 12.5. The second-order valence-electron chi connectivity index (χ2n) is 6.03. The maximum Gasteiger partial charge on any atom is 0.180 e. The Morgan fingerprint density at radius 2 is 2.08 bits per heavy atom. The molecule has 1 aromatic carbocycles. The summed E-state index contributed by atoms with van der Waals surface area (Å²) in [7, 11) is 3.20. The van der Waals surface area contributed by atoms with Crippen LogP contribution in [0.3, 0.4) is 0 Å². The molecule has 1 aliphatic heterocycles. The Morgan fingerprint density at radius 3 is 2.79 bits per heavy atom. The summed E-state index contributed by atoms with van der Waals surface area (Å²) in [6.07, 6.45) is -0.920. The van der Waals surface area contributed by atoms with Gasteiger partial charge in [0, 0.05) is 52.5 Å². The first-order valence-electron chi connectivity index (χ1n) is 8.35. The van der Waals surface area contributed by atoms with Crippen LogP contribution in [0.15, 0.2) is 18.2 Å². The zero-order valence-corrected chi connectivity index (χ0v) is 14.4. The molecule has 132 valence electrons. The Morgan fingerprint density at radius 1 is 1.29 bits per heavy atom. The number of aliphatic hydroxyl groups excluding tert-OH is 1. The van der Waals surface area contributed by atoms with E-state index in [1.807, 2.05) is 18.2 Å². The Balaban J connectivity index is 1.93. The summed E-state index contributed by atoms with van der Waals surface area (Å²) in [5.74, 6) is 1.04. The number of nitrogens with one attached hydrogen (secondary N) is 1. The largest absolute Gasteiger partial charge is 0.383 e. The fourth-order valence-electron chi connectivity index (χ4n) is 3.10. The molecule has 1 fully saturated rings. The molecule has 0 bridgehead atoms. The van der Waals surface area contributed by atoms with Gasteiger partial charge in [0.15, 0.2) is 6.29 Å². The summed E-state index contributed by atoms with van der Waals surface area (Å²) in [6, 6.07) is 5.75. The van der Waals surface area contributed by atoms with Crippen LogP contribution in [0, 0.1) is 0 Å². The lowest BCUT2D eigenvalue weighted by Gasteiger charge is -2.27. The fraction of sp³-hybridized carbons (Fsp3) is 0.588. The van der Waals surface area contributed by atoms with Crippen molar-refractivity contribution in [1.29, 1.82) is 0 Å². The van der Waals surface area contributed by atoms with Crippen molar-refractivity contribution in [3.63, 3.8) is 0 Å². The van der Waals surface area contributed by atoms with Crippen LogP contribution >= 0.6 is 0 Å². The molecule has 0 amide bonds. The first-order chi connectivity index (χ1) is 11.7. The van der Waals surface area contributed by atoms with Crippen LogP contribution in [-0.4, -0.2) is 66.6 Å². The zero-order chi connectivity index (χ0) is 16.9. The molecule has 0 saturated carbocycles. The van der Waals surface area contributed by atoms with E-state index in [2.05, 4.69) is 14.8 Å². The maximum absolute atomic E-state index is 9.93. The average molecular weight is 334 g/mol. The van der Waals surface area contributed by atoms with Gasteiger partial charge in [-0.3, -0.25) is 4.90 Å². The number of hydrogen-bond acceptors (Lipinski definition) is 6. The Kier molecular flexibility index (Phi) is 5.80. The van der Waals surface area contributed by atoms with E-state index in [0.29, 0.717) is 6.61 Å². The number of fused-ring (bicyclic) bond motifs is 1. The number of aliphatic hydroxyl groups is 1. The van der Waals surface area contributed by atoms with Gasteiger partial charge in [-0.05, 0) is 12.1 Å². The lowest BCUT2D eigenvalue weighted by Crippen LogP contribution is -2.43. The average Bonchev–Trinajstić information content (AvgIpc) is 2.96. The predicted molar refractivity (Wildman–Crippen MR) is 91.7 cm³/mol. The minimum absolute atomic E-state index is 0.622. The third-order valence-corrected chi connectivity index (χ3v) is 4.45. The van der Waals surface area contributed by atoms with Gasteiger partial charge < -0.3 is 24.5 Å². The minimum Gasteiger partial charge on any atom is -0.383 e. The highest BCUT2D eigenvalue weighted by Gasteiger charge is 2.17. The van der Waals surface area contributed by atoms with Gasteiger partial charge in [0.1, 0.15) is 5.82 Å². The van der Waals surface area contributed by atoms with Crippen molar-refractivity contribution < 1.29 is 14.6 Å². The number of rotatable bonds is 7. The summed E-state index contributed by atoms with van der Waals surface area (Å²) >= 11 is 0. The molecular formula is C17H26N4O3. The van der Waals surface area contributed by atoms with Crippen LogP contribution in [0.1, 0.15) is 17.7 Å². The van der Waals surface area contributed by atoms with Crippen LogP contribution in [-0.2, 0) is 22.6 Å². The van der Waals surface area contributed by atoms with Gasteiger partial charge in [0.2, 0.25) is 0 Å². The molecule has 2 aromatic rings. The Hall–Kier alpha value is -1.51. The lowest BCUT2D eigenvalue weighted by molar-refractivity contribution is -0.0768. The molecule has 7 nitrogen and oxygen atoms in total. The number of imidazole rings is 1. The van der Waals surface area contributed by atoms with Crippen molar-refractivity contribution in [2.24, 2.45) is 0 Å². The summed E-state index contributed by atoms with van der Waals surface area (Å²) in [4.78, 5) is 7.22. The summed E-state index contributed by atoms with van der Waals surface area (Å²) in [5.41, 5.74) is 2.67. The molecule has 2 N–H and O–H groups in total. The van der Waals surface area contributed by atoms with Crippen molar-refractivity contribution in [3.8, 4) is 0 Å². The molecule has 2 heterocycles. The van der Waals surface area contributed by atoms with Gasteiger partial charge in [-0.15, -0.1) is 0 Å². The van der Waals surface area contributed by atoms with E-state index in [4.69, 9.17) is 14.5 Å². The molecule has 1 saturated heterocycles. The van der Waals surface area contributed by atoms with Crippen LogP contribution in [0.2, 0.25) is 0 Å². The zero-order valence-electron chi connectivity index (χ0n) is 14.4. The first-order valence-corrected chi connectivity index (χ1v) is 8.35. The van der Waals surface area contributed by atoms with Gasteiger partial charge in [-0.25, -0.2) is 4.98 Å². The molecule has 7 heteroatoms. The van der Waals surface area contributed by atoms with Crippen LogP contribution in [0.4, 0.5) is 0 Å². The van der Waals surface area contributed by atoms with Crippen LogP contribution in [0.5, 0.6) is 0 Å². The number of hydrogen-bond donors (Lipinski definition) is 2. The van der Waals surface area contributed by atoms with Crippen molar-refractivity contribution in [2.75, 3.05) is 47.0 Å². The molecule has 1 unspecified atom stereocenters. The molecule has 0 radical (unpaired) electrons. The standard InChI is InChI=1S/C17H26N4O3/c1-23-10-9-21-15-11-13(17(22)24-2)3-4-14(15)19-16(21)12-20-7-5-18-6-8-20/h3-4,11,17-18,22H,5-10,12H2,1-2H3. The SMILES string of the molecule is COCCn1c(CN2CCNCC2)nc2ccc(C(O)OC)cc21. The topological polar surface area (TPSA) is 71.8 Å². The third-order valence-electron chi connectivity index (χ3n) is 4.45. The molecule has 3 rings (SSSR count). The Bertz CT molecular complexity index is 667. The van der Waals surface area contributed by atoms with Crippen molar-refractivity contribution >= 4 is 11.0 Å². The maximum atomic E-state index is 9.93. The second kappa shape index (κ2) is 8.04. The number of aromatic nitrogens is 2. The van der Waals surface area contributed by atoms with Crippen molar-refractivity contribution in [2.45, 2.75) is 19.4 Å². The van der Waals surface area contributed by atoms with Crippen LogP contribution < -0.4 is 5.32 Å². The van der Waals surface area contributed by atoms with E-state index >= 15 is 0 Å². The molecule has 1 aliphatic rings. The minimum atomic E-state index is -0.920. The molecular weight excluding hydrogens is 308 g/mol. The quantitative estimate of drug-likeness (QED) is 0.727. The normalized spacial score (nSPS) is 17.5. The summed E-state index contributed by atoms with van der Waals surface area (Å²) in [6.45, 7) is 6.27. The van der Waals surface area contributed by atoms with Gasteiger partial charge in [-0.2, -0.15) is 0 Å². The van der Waals surface area contributed by atoms with Gasteiger partial charge in [-0.1, -0.05) is 6.07 Å². The van der Waals surface area contributed by atoms with Gasteiger partial charge in [0.25, 0.3) is 0 Å². The van der Waals surface area contributed by atoms with Crippen molar-refractivity contribution in [1.82, 2.24) is 19.8 Å². The molecule has 0 aliphatic carbocycles. The highest BCUT2D eigenvalue weighted by atomic mass is 16.6. The Labute approximate surface area is 142 Å². The number of ether oxygens (including phenoxy) is 2. The van der Waals surface area contributed by atoms with E-state index in [1.54, 1.807) is 7.11 Å². The number of benzene rings is 1.